The van der Waals surface area contributed by atoms with Gasteiger partial charge in [-0.1, -0.05) is 6.08 Å². The first-order chi connectivity index (χ1) is 6.74. The van der Waals surface area contributed by atoms with Gasteiger partial charge in [0.2, 0.25) is 0 Å². The van der Waals surface area contributed by atoms with Crippen molar-refractivity contribution >= 4 is 17.7 Å². The molecule has 1 aromatic heterocycles. The Labute approximate surface area is 86.9 Å². The summed E-state index contributed by atoms with van der Waals surface area (Å²) < 4.78 is 0. The van der Waals surface area contributed by atoms with Crippen LogP contribution >= 0.6 is 11.8 Å². The van der Waals surface area contributed by atoms with Crippen LogP contribution in [0, 0.1) is 0 Å². The maximum Gasteiger partial charge on any atom is 0.335 e. The topological polar surface area (TPSA) is 50.2 Å². The molecule has 0 aliphatic carbocycles. The van der Waals surface area contributed by atoms with Crippen LogP contribution in [-0.4, -0.2) is 21.8 Å². The van der Waals surface area contributed by atoms with Gasteiger partial charge in [0.05, 0.1) is 10.6 Å². The number of hydrogen-bond donors (Lipinski definition) is 1. The Hall–Kier alpha value is -1.29. The number of hydrogen-bond acceptors (Lipinski definition) is 3. The van der Waals surface area contributed by atoms with Crippen molar-refractivity contribution in [2.45, 2.75) is 11.4 Å². The van der Waals surface area contributed by atoms with Crippen molar-refractivity contribution in [1.82, 2.24) is 4.98 Å². The summed E-state index contributed by atoms with van der Waals surface area (Å²) in [6.45, 7) is 3.61. The van der Waals surface area contributed by atoms with Crippen LogP contribution in [0.5, 0.6) is 0 Å². The van der Waals surface area contributed by atoms with Crippen LogP contribution in [0.1, 0.15) is 16.8 Å². The lowest BCUT2D eigenvalue weighted by Gasteiger charge is -1.99. The van der Waals surface area contributed by atoms with Crippen molar-refractivity contribution in [3.8, 4) is 0 Å². The number of allylic oxidation sites excluding steroid dienone is 1. The van der Waals surface area contributed by atoms with Crippen molar-refractivity contribution in [3.63, 3.8) is 0 Å². The van der Waals surface area contributed by atoms with Gasteiger partial charge in [0.15, 0.2) is 0 Å². The first-order valence-corrected chi connectivity index (χ1v) is 5.15. The second kappa shape index (κ2) is 5.44. The number of aromatic nitrogens is 1. The van der Waals surface area contributed by atoms with Crippen LogP contribution in [0.4, 0.5) is 0 Å². The molecule has 1 heterocycles. The van der Waals surface area contributed by atoms with E-state index in [9.17, 15) is 4.79 Å². The first-order valence-electron chi connectivity index (χ1n) is 4.17. The maximum absolute atomic E-state index is 10.6. The lowest BCUT2D eigenvalue weighted by molar-refractivity contribution is 0.0696. The zero-order valence-corrected chi connectivity index (χ0v) is 8.46. The number of nitrogens with zero attached hydrogens (tertiary/aromatic N) is 1. The van der Waals surface area contributed by atoms with Crippen LogP contribution in [0.15, 0.2) is 36.0 Å². The quantitative estimate of drug-likeness (QED) is 0.459. The molecule has 0 fully saturated rings. The van der Waals surface area contributed by atoms with Crippen LogP contribution in [-0.2, 0) is 0 Å². The molecule has 0 saturated heterocycles. The molecule has 1 aromatic rings. The molecule has 3 nitrogen and oxygen atoms in total. The van der Waals surface area contributed by atoms with Gasteiger partial charge in [-0.15, -0.1) is 18.3 Å². The molecule has 0 unspecified atom stereocenters. The molecule has 0 aromatic carbocycles. The third-order valence-corrected chi connectivity index (χ3v) is 2.51. The van der Waals surface area contributed by atoms with Crippen LogP contribution in [0.2, 0.25) is 0 Å². The minimum atomic E-state index is -0.919. The first kappa shape index (κ1) is 10.8. The van der Waals surface area contributed by atoms with Gasteiger partial charge in [-0.3, -0.25) is 0 Å². The summed E-state index contributed by atoms with van der Waals surface area (Å²) in [4.78, 5) is 14.7. The highest BCUT2D eigenvalue weighted by Crippen LogP contribution is 2.17. The highest BCUT2D eigenvalue weighted by Gasteiger charge is 2.03. The summed E-state index contributed by atoms with van der Waals surface area (Å²) in [5.41, 5.74) is 0.279. The van der Waals surface area contributed by atoms with Crippen LogP contribution in [0.25, 0.3) is 0 Å². The predicted molar refractivity (Wildman–Crippen MR) is 56.7 cm³/mol. The molecule has 0 spiro atoms. The number of aromatic carboxylic acids is 1. The van der Waals surface area contributed by atoms with Gasteiger partial charge >= 0.3 is 5.97 Å². The minimum absolute atomic E-state index is 0.279. The lowest BCUT2D eigenvalue weighted by atomic mass is 10.3. The Balaban J connectivity index is 2.63. The molecule has 0 atom stereocenters. The Bertz CT molecular complexity index is 339. The van der Waals surface area contributed by atoms with E-state index in [1.165, 1.54) is 24.0 Å². The summed E-state index contributed by atoms with van der Waals surface area (Å²) in [5.74, 6) is -0.0440. The third kappa shape index (κ3) is 3.22. The van der Waals surface area contributed by atoms with Crippen molar-refractivity contribution in [2.24, 2.45) is 0 Å². The van der Waals surface area contributed by atoms with E-state index in [1.807, 2.05) is 6.08 Å². The third-order valence-electron chi connectivity index (χ3n) is 1.55. The number of pyridine rings is 1. The standard InChI is InChI=1S/C10H11NO2S/c1-2-3-6-14-9-7-8(10(12)13)4-5-11-9/h2,4-5,7H,1,3,6H2,(H,12,13). The summed E-state index contributed by atoms with van der Waals surface area (Å²) in [7, 11) is 0. The lowest BCUT2D eigenvalue weighted by Crippen LogP contribution is -1.96. The van der Waals surface area contributed by atoms with E-state index in [0.717, 1.165) is 17.2 Å². The molecule has 0 amide bonds. The number of carbonyl (C=O) groups is 1. The fraction of sp³-hybridized carbons (Fsp3) is 0.200. The van der Waals surface area contributed by atoms with Crippen LogP contribution in [0.3, 0.4) is 0 Å². The van der Waals surface area contributed by atoms with Crippen LogP contribution < -0.4 is 0 Å². The summed E-state index contributed by atoms with van der Waals surface area (Å²) >= 11 is 1.53. The van der Waals surface area contributed by atoms with E-state index >= 15 is 0 Å². The Morgan fingerprint density at radius 3 is 3.14 bits per heavy atom. The number of carboxylic acid groups (broad SMARTS) is 1. The molecule has 4 heteroatoms. The van der Waals surface area contributed by atoms with Gasteiger partial charge < -0.3 is 5.11 Å². The average molecular weight is 209 g/mol. The van der Waals surface area contributed by atoms with Crippen molar-refractivity contribution in [2.75, 3.05) is 5.75 Å². The Kier molecular flexibility index (Phi) is 4.19. The summed E-state index contributed by atoms with van der Waals surface area (Å²) in [6.07, 6.45) is 4.23. The molecule has 0 bridgehead atoms. The van der Waals surface area contributed by atoms with Gasteiger partial charge in [-0.25, -0.2) is 9.78 Å². The second-order valence-electron chi connectivity index (χ2n) is 2.61. The zero-order valence-electron chi connectivity index (χ0n) is 7.64. The normalized spacial score (nSPS) is 9.71. The molecule has 1 rings (SSSR count). The Morgan fingerprint density at radius 2 is 2.50 bits per heavy atom. The number of thioether (sulfide) groups is 1. The molecule has 74 valence electrons. The monoisotopic (exact) mass is 209 g/mol. The van der Waals surface area contributed by atoms with Gasteiger partial charge in [0.25, 0.3) is 0 Å². The summed E-state index contributed by atoms with van der Waals surface area (Å²) in [5, 5.41) is 9.47. The average Bonchev–Trinajstić information content (AvgIpc) is 2.19. The van der Waals surface area contributed by atoms with E-state index in [4.69, 9.17) is 5.11 Å². The van der Waals surface area contributed by atoms with E-state index in [1.54, 1.807) is 6.07 Å². The molecule has 0 radical (unpaired) electrons. The van der Waals surface area contributed by atoms with Crippen molar-refractivity contribution in [3.05, 3.63) is 36.5 Å². The largest absolute Gasteiger partial charge is 0.478 e. The predicted octanol–water partition coefficient (Wildman–Crippen LogP) is 2.45. The number of rotatable bonds is 5. The highest BCUT2D eigenvalue weighted by atomic mass is 32.2. The minimum Gasteiger partial charge on any atom is -0.478 e. The van der Waals surface area contributed by atoms with E-state index in [-0.39, 0.29) is 5.56 Å². The maximum atomic E-state index is 10.6. The molecule has 0 aliphatic heterocycles. The SMILES string of the molecule is C=CCCSc1cc(C(=O)O)ccn1. The van der Waals surface area contributed by atoms with Gasteiger partial charge in [0, 0.05) is 11.9 Å². The summed E-state index contributed by atoms with van der Waals surface area (Å²) in [6, 6.07) is 3.07. The van der Waals surface area contributed by atoms with Gasteiger partial charge in [0.1, 0.15) is 0 Å². The Morgan fingerprint density at radius 1 is 1.71 bits per heavy atom. The molecule has 14 heavy (non-hydrogen) atoms. The molecule has 1 N–H and O–H groups in total. The molecule has 0 saturated carbocycles. The van der Waals surface area contributed by atoms with Crippen molar-refractivity contribution in [1.29, 1.82) is 0 Å². The number of carboxylic acids is 1. The van der Waals surface area contributed by atoms with Gasteiger partial charge in [-0.05, 0) is 18.6 Å². The van der Waals surface area contributed by atoms with Gasteiger partial charge in [-0.2, -0.15) is 0 Å². The second-order valence-corrected chi connectivity index (χ2v) is 3.73. The molecular formula is C10H11NO2S. The smallest absolute Gasteiger partial charge is 0.335 e. The van der Waals surface area contributed by atoms with E-state index in [0.29, 0.717) is 0 Å². The zero-order chi connectivity index (χ0) is 10.4. The van der Waals surface area contributed by atoms with E-state index in [2.05, 4.69) is 11.6 Å². The fourth-order valence-corrected chi connectivity index (χ4v) is 1.71. The molecular weight excluding hydrogens is 198 g/mol. The van der Waals surface area contributed by atoms with E-state index < -0.39 is 5.97 Å². The highest BCUT2D eigenvalue weighted by molar-refractivity contribution is 7.99. The molecule has 0 aliphatic rings. The van der Waals surface area contributed by atoms with Crippen molar-refractivity contribution < 1.29 is 9.90 Å². The fourth-order valence-electron chi connectivity index (χ4n) is 0.868.